The zero-order valence-electron chi connectivity index (χ0n) is 14.7. The highest BCUT2D eigenvalue weighted by atomic mass is 16.4. The molecule has 0 radical (unpaired) electrons. The lowest BCUT2D eigenvalue weighted by Crippen LogP contribution is -2.44. The predicted octanol–water partition coefficient (Wildman–Crippen LogP) is 2.08. The molecule has 6 heteroatoms. The summed E-state index contributed by atoms with van der Waals surface area (Å²) in [7, 11) is 0. The number of hydrogen-bond acceptors (Lipinski definition) is 3. The quantitative estimate of drug-likeness (QED) is 0.791. The second kappa shape index (κ2) is 9.20. The zero-order valence-corrected chi connectivity index (χ0v) is 14.7. The molecule has 1 atom stereocenters. The summed E-state index contributed by atoms with van der Waals surface area (Å²) in [4.78, 5) is 36.8. The fourth-order valence-corrected chi connectivity index (χ4v) is 3.08. The number of hydrogen-bond donors (Lipinski definition) is 2. The van der Waals surface area contributed by atoms with Crippen molar-refractivity contribution in [3.63, 3.8) is 0 Å². The van der Waals surface area contributed by atoms with E-state index in [2.05, 4.69) is 5.32 Å². The van der Waals surface area contributed by atoms with Crippen LogP contribution in [-0.2, 0) is 16.0 Å². The second-order valence-electron chi connectivity index (χ2n) is 6.58. The van der Waals surface area contributed by atoms with Gasteiger partial charge in [-0.15, -0.1) is 0 Å². The van der Waals surface area contributed by atoms with E-state index >= 15 is 0 Å². The van der Waals surface area contributed by atoms with E-state index in [4.69, 9.17) is 5.11 Å². The van der Waals surface area contributed by atoms with Gasteiger partial charge < -0.3 is 15.3 Å². The number of nitrogens with zero attached hydrogens (tertiary/aromatic N) is 1. The molecular weight excluding hydrogens is 320 g/mol. The van der Waals surface area contributed by atoms with E-state index < -0.39 is 5.97 Å². The summed E-state index contributed by atoms with van der Waals surface area (Å²) in [5.74, 6) is -0.549. The first-order valence-electron chi connectivity index (χ1n) is 8.86. The van der Waals surface area contributed by atoms with E-state index in [0.717, 1.165) is 31.4 Å². The van der Waals surface area contributed by atoms with Gasteiger partial charge in [-0.2, -0.15) is 0 Å². The Labute approximate surface area is 148 Å². The highest BCUT2D eigenvalue weighted by molar-refractivity contribution is 5.87. The highest BCUT2D eigenvalue weighted by Crippen LogP contribution is 2.17. The average Bonchev–Trinajstić information content (AvgIpc) is 2.61. The number of likely N-dealkylation sites (tertiary alicyclic amines) is 1. The Hall–Kier alpha value is -2.37. The average molecular weight is 346 g/mol. The van der Waals surface area contributed by atoms with E-state index in [1.807, 2.05) is 11.8 Å². The first-order valence-corrected chi connectivity index (χ1v) is 8.86. The van der Waals surface area contributed by atoms with Crippen molar-refractivity contribution < 1.29 is 19.5 Å². The maximum absolute atomic E-state index is 12.5. The molecule has 2 amide bonds. The van der Waals surface area contributed by atoms with Crippen molar-refractivity contribution in [3.8, 4) is 0 Å². The van der Waals surface area contributed by atoms with Crippen molar-refractivity contribution >= 4 is 17.8 Å². The van der Waals surface area contributed by atoms with Crippen molar-refractivity contribution in [2.24, 2.45) is 5.92 Å². The molecular formula is C19H26N2O4. The van der Waals surface area contributed by atoms with Crippen molar-refractivity contribution in [2.75, 3.05) is 19.6 Å². The van der Waals surface area contributed by atoms with E-state index in [1.54, 1.807) is 12.1 Å². The summed E-state index contributed by atoms with van der Waals surface area (Å²) in [6, 6.07) is 6.42. The van der Waals surface area contributed by atoms with Gasteiger partial charge in [0.15, 0.2) is 0 Å². The molecule has 0 aliphatic carbocycles. The second-order valence-corrected chi connectivity index (χ2v) is 6.58. The number of rotatable bonds is 7. The fourth-order valence-electron chi connectivity index (χ4n) is 3.08. The minimum absolute atomic E-state index is 0.0488. The standard InChI is InChI=1S/C19H26N2O4/c1-2-4-17(22)20-12-15-5-3-10-21(13-15)18(23)11-14-6-8-16(9-7-14)19(24)25/h6-9,15H,2-5,10-13H2,1H3,(H,20,22)(H,24,25). The number of carbonyl (C=O) groups is 3. The number of aromatic carboxylic acids is 1. The van der Waals surface area contributed by atoms with Crippen molar-refractivity contribution in [2.45, 2.75) is 39.0 Å². The lowest BCUT2D eigenvalue weighted by Gasteiger charge is -2.33. The lowest BCUT2D eigenvalue weighted by molar-refractivity contribution is -0.132. The topological polar surface area (TPSA) is 86.7 Å². The van der Waals surface area contributed by atoms with E-state index in [1.165, 1.54) is 12.1 Å². The highest BCUT2D eigenvalue weighted by Gasteiger charge is 2.24. The van der Waals surface area contributed by atoms with Crippen molar-refractivity contribution in [1.82, 2.24) is 10.2 Å². The fraction of sp³-hybridized carbons (Fsp3) is 0.526. The van der Waals surface area contributed by atoms with Crippen LogP contribution in [-0.4, -0.2) is 47.4 Å². The van der Waals surface area contributed by atoms with Crippen molar-refractivity contribution in [1.29, 1.82) is 0 Å². The van der Waals surface area contributed by atoms with Gasteiger partial charge in [-0.25, -0.2) is 4.79 Å². The van der Waals surface area contributed by atoms with Gasteiger partial charge >= 0.3 is 5.97 Å². The van der Waals surface area contributed by atoms with Crippen LogP contribution in [0.1, 0.15) is 48.5 Å². The van der Waals surface area contributed by atoms with Gasteiger partial charge in [-0.1, -0.05) is 19.1 Å². The normalized spacial score (nSPS) is 17.2. The number of piperidine rings is 1. The summed E-state index contributed by atoms with van der Waals surface area (Å²) in [6.07, 6.45) is 3.61. The van der Waals surface area contributed by atoms with Gasteiger partial charge in [-0.3, -0.25) is 9.59 Å². The molecule has 0 saturated carbocycles. The van der Waals surface area contributed by atoms with E-state index in [9.17, 15) is 14.4 Å². The minimum atomic E-state index is -0.970. The van der Waals surface area contributed by atoms with Gasteiger partial charge in [0, 0.05) is 26.1 Å². The summed E-state index contributed by atoms with van der Waals surface area (Å²) < 4.78 is 0. The van der Waals surface area contributed by atoms with Crippen LogP contribution in [0.15, 0.2) is 24.3 Å². The first-order chi connectivity index (χ1) is 12.0. The molecule has 1 aliphatic heterocycles. The molecule has 1 fully saturated rings. The Morgan fingerprint density at radius 2 is 1.96 bits per heavy atom. The summed E-state index contributed by atoms with van der Waals surface area (Å²) in [5.41, 5.74) is 1.03. The number of carboxylic acids is 1. The molecule has 0 bridgehead atoms. The maximum atomic E-state index is 12.5. The third kappa shape index (κ3) is 5.89. The van der Waals surface area contributed by atoms with Gasteiger partial charge in [0.1, 0.15) is 0 Å². The van der Waals surface area contributed by atoms with Gasteiger partial charge in [0.2, 0.25) is 11.8 Å². The van der Waals surface area contributed by atoms with E-state index in [-0.39, 0.29) is 23.8 Å². The smallest absolute Gasteiger partial charge is 0.335 e. The number of carbonyl (C=O) groups excluding carboxylic acids is 2. The molecule has 1 aromatic carbocycles. The summed E-state index contributed by atoms with van der Waals surface area (Å²) in [5, 5.41) is 11.9. The zero-order chi connectivity index (χ0) is 18.2. The SMILES string of the molecule is CCCC(=O)NCC1CCCN(C(=O)Cc2ccc(C(=O)O)cc2)C1. The summed E-state index contributed by atoms with van der Waals surface area (Å²) >= 11 is 0. The van der Waals surface area contributed by atoms with Crippen molar-refractivity contribution in [3.05, 3.63) is 35.4 Å². The third-order valence-electron chi connectivity index (χ3n) is 4.49. The number of amides is 2. The van der Waals surface area contributed by atoms with Crippen LogP contribution >= 0.6 is 0 Å². The number of carboxylic acid groups (broad SMARTS) is 1. The van der Waals surface area contributed by atoms with Crippen LogP contribution in [0.4, 0.5) is 0 Å². The van der Waals surface area contributed by atoms with Crippen LogP contribution in [0.25, 0.3) is 0 Å². The van der Waals surface area contributed by atoms with Crippen LogP contribution in [0, 0.1) is 5.92 Å². The molecule has 6 nitrogen and oxygen atoms in total. The molecule has 1 unspecified atom stereocenters. The largest absolute Gasteiger partial charge is 0.478 e. The molecule has 1 aliphatic rings. The third-order valence-corrected chi connectivity index (χ3v) is 4.49. The van der Waals surface area contributed by atoms with Gasteiger partial charge in [0.25, 0.3) is 0 Å². The molecule has 2 rings (SSSR count). The van der Waals surface area contributed by atoms with Crippen LogP contribution < -0.4 is 5.32 Å². The molecule has 0 spiro atoms. The molecule has 2 N–H and O–H groups in total. The Morgan fingerprint density at radius 3 is 2.60 bits per heavy atom. The molecule has 0 aromatic heterocycles. The van der Waals surface area contributed by atoms with Crippen LogP contribution in [0.3, 0.4) is 0 Å². The molecule has 1 heterocycles. The van der Waals surface area contributed by atoms with Crippen LogP contribution in [0.5, 0.6) is 0 Å². The minimum Gasteiger partial charge on any atom is -0.478 e. The Bertz CT molecular complexity index is 612. The Morgan fingerprint density at radius 1 is 1.24 bits per heavy atom. The predicted molar refractivity (Wildman–Crippen MR) is 94.3 cm³/mol. The van der Waals surface area contributed by atoms with Gasteiger partial charge in [-0.05, 0) is 42.9 Å². The van der Waals surface area contributed by atoms with Crippen LogP contribution in [0.2, 0.25) is 0 Å². The lowest BCUT2D eigenvalue weighted by atomic mass is 9.97. The Kier molecular flexibility index (Phi) is 6.98. The van der Waals surface area contributed by atoms with E-state index in [0.29, 0.717) is 25.4 Å². The summed E-state index contributed by atoms with van der Waals surface area (Å²) in [6.45, 7) is 4.00. The first kappa shape index (κ1) is 19.0. The molecule has 1 aromatic rings. The molecule has 25 heavy (non-hydrogen) atoms. The number of nitrogens with one attached hydrogen (secondary N) is 1. The monoisotopic (exact) mass is 346 g/mol. The number of benzene rings is 1. The molecule has 136 valence electrons. The Balaban J connectivity index is 1.84. The van der Waals surface area contributed by atoms with Gasteiger partial charge in [0.05, 0.1) is 12.0 Å². The maximum Gasteiger partial charge on any atom is 0.335 e. The molecule has 1 saturated heterocycles.